The van der Waals surface area contributed by atoms with Crippen molar-refractivity contribution in [3.8, 4) is 0 Å². The molecule has 0 bridgehead atoms. The first-order valence-corrected chi connectivity index (χ1v) is 5.52. The van der Waals surface area contributed by atoms with E-state index in [1.54, 1.807) is 0 Å². The maximum atomic E-state index is 10.0. The van der Waals surface area contributed by atoms with Crippen molar-refractivity contribution in [2.45, 2.75) is 59.8 Å². The van der Waals surface area contributed by atoms with Crippen molar-refractivity contribution in [1.82, 2.24) is 0 Å². The number of carboxylic acids is 2. The van der Waals surface area contributed by atoms with Crippen LogP contribution in [0.1, 0.15) is 59.8 Å². The summed E-state index contributed by atoms with van der Waals surface area (Å²) in [5, 5.41) is 18.9. The molecule has 0 saturated heterocycles. The fraction of sp³-hybridized carbons (Fsp3) is 0.833. The Morgan fingerprint density at radius 2 is 1.33 bits per heavy atom. The average Bonchev–Trinajstić information content (AvgIpc) is 1.99. The van der Waals surface area contributed by atoms with Gasteiger partial charge in [-0.3, -0.25) is 0 Å². The van der Waals surface area contributed by atoms with E-state index in [0.29, 0.717) is 5.41 Å². The molecule has 0 aliphatic rings. The first-order valence-electron chi connectivity index (χ1n) is 5.52. The van der Waals surface area contributed by atoms with Crippen molar-refractivity contribution in [2.75, 3.05) is 0 Å². The minimum Gasteiger partial charge on any atom is -0.550 e. The van der Waals surface area contributed by atoms with E-state index in [2.05, 4.69) is 20.8 Å². The second-order valence-electron chi connectivity index (χ2n) is 4.98. The maximum absolute atomic E-state index is 10.0. The fourth-order valence-electron chi connectivity index (χ4n) is 1.10. The van der Waals surface area contributed by atoms with Gasteiger partial charge in [-0.15, -0.1) is 0 Å². The van der Waals surface area contributed by atoms with Crippen LogP contribution in [0.4, 0.5) is 0 Å². The number of hydrogen-bond donors (Lipinski definition) is 0. The smallest absolute Gasteiger partial charge is 0.550 e. The quantitative estimate of drug-likeness (QED) is 0.530. The largest absolute Gasteiger partial charge is 2.00 e. The summed E-state index contributed by atoms with van der Waals surface area (Å²) in [6.07, 6.45) is 4.27. The van der Waals surface area contributed by atoms with E-state index in [0.717, 1.165) is 26.2 Å². The molecule has 0 aromatic rings. The van der Waals surface area contributed by atoms with Crippen LogP contribution in [0.2, 0.25) is 0 Å². The fourth-order valence-corrected chi connectivity index (χ4v) is 1.10. The van der Waals surface area contributed by atoms with Gasteiger partial charge < -0.3 is 19.8 Å². The third kappa shape index (κ3) is 44.5. The summed E-state index contributed by atoms with van der Waals surface area (Å²) in [5.41, 5.74) is 0.376. The Bertz CT molecular complexity index is 209. The zero-order valence-corrected chi connectivity index (χ0v) is 13.2. The van der Waals surface area contributed by atoms with Gasteiger partial charge in [-0.05, 0) is 31.6 Å². The monoisotopic (exact) mass is 356 g/mol. The summed E-state index contributed by atoms with van der Waals surface area (Å²) >= 11 is 0. The molecule has 0 saturated carbocycles. The van der Waals surface area contributed by atoms with Gasteiger partial charge in [0.1, 0.15) is 0 Å². The molecule has 0 fully saturated rings. The van der Waals surface area contributed by atoms with Crippen LogP contribution >= 0.6 is 0 Å². The second-order valence-corrected chi connectivity index (χ2v) is 4.98. The van der Waals surface area contributed by atoms with Gasteiger partial charge in [-0.25, -0.2) is 0 Å². The van der Waals surface area contributed by atoms with E-state index < -0.39 is 11.9 Å². The third-order valence-corrected chi connectivity index (χ3v) is 1.81. The normalized spacial score (nSPS) is 9.11. The van der Waals surface area contributed by atoms with Gasteiger partial charge in [0.15, 0.2) is 0 Å². The Balaban J connectivity index is -0.000000143. The molecule has 0 aromatic carbocycles. The van der Waals surface area contributed by atoms with Gasteiger partial charge in [0, 0.05) is 11.9 Å². The molecular weight excluding hydrogens is 335 g/mol. The molecule has 0 aromatic heterocycles. The zero-order valence-electron chi connectivity index (χ0n) is 11.3. The molecule has 2 radical (unpaired) electrons. The SMILES string of the molecule is CC(=O)[O-].CC(C)(C)CCCCCC(=O)[O-].[Cu+2].[Cu+2]. The minimum atomic E-state index is -1.08. The summed E-state index contributed by atoms with van der Waals surface area (Å²) in [4.78, 5) is 18.9. The van der Waals surface area contributed by atoms with Crippen LogP contribution in [0, 0.1) is 5.41 Å². The van der Waals surface area contributed by atoms with Crippen LogP contribution in [0.3, 0.4) is 0 Å². The van der Waals surface area contributed by atoms with Crippen LogP contribution < -0.4 is 10.2 Å². The molecular formula is C12H22Cu2O4+2. The summed E-state index contributed by atoms with van der Waals surface area (Å²) in [5.74, 6) is -2.01. The van der Waals surface area contributed by atoms with Gasteiger partial charge in [-0.2, -0.15) is 0 Å². The summed E-state index contributed by atoms with van der Waals surface area (Å²) in [6, 6.07) is 0. The number of unbranched alkanes of at least 4 members (excludes halogenated alkanes) is 2. The van der Waals surface area contributed by atoms with Crippen LogP contribution in [-0.2, 0) is 43.7 Å². The van der Waals surface area contributed by atoms with E-state index >= 15 is 0 Å². The molecule has 0 amide bonds. The van der Waals surface area contributed by atoms with Crippen molar-refractivity contribution < 1.29 is 53.9 Å². The average molecular weight is 357 g/mol. The Labute approximate surface area is 131 Å². The van der Waals surface area contributed by atoms with Gasteiger partial charge in [0.05, 0.1) is 0 Å². The van der Waals surface area contributed by atoms with E-state index in [1.165, 1.54) is 6.42 Å². The number of rotatable bonds is 5. The third-order valence-electron chi connectivity index (χ3n) is 1.81. The van der Waals surface area contributed by atoms with Crippen molar-refractivity contribution in [3.05, 3.63) is 0 Å². The molecule has 0 spiro atoms. The molecule has 4 nitrogen and oxygen atoms in total. The van der Waals surface area contributed by atoms with Gasteiger partial charge in [0.25, 0.3) is 0 Å². The number of carboxylic acid groups (broad SMARTS) is 2. The summed E-state index contributed by atoms with van der Waals surface area (Å²) in [7, 11) is 0. The number of carbonyl (C=O) groups excluding carboxylic acids is 2. The molecule has 0 N–H and O–H groups in total. The van der Waals surface area contributed by atoms with Crippen molar-refractivity contribution >= 4 is 11.9 Å². The Kier molecular flexibility index (Phi) is 22.2. The van der Waals surface area contributed by atoms with Crippen LogP contribution in [0.15, 0.2) is 0 Å². The van der Waals surface area contributed by atoms with Gasteiger partial charge in [-0.1, -0.05) is 33.6 Å². The van der Waals surface area contributed by atoms with E-state index in [9.17, 15) is 9.90 Å². The van der Waals surface area contributed by atoms with Crippen LogP contribution in [0.5, 0.6) is 0 Å². The summed E-state index contributed by atoms with van der Waals surface area (Å²) < 4.78 is 0. The van der Waals surface area contributed by atoms with Gasteiger partial charge >= 0.3 is 34.1 Å². The maximum Gasteiger partial charge on any atom is 2.00 e. The van der Waals surface area contributed by atoms with E-state index in [4.69, 9.17) is 9.90 Å². The van der Waals surface area contributed by atoms with Crippen molar-refractivity contribution in [1.29, 1.82) is 0 Å². The van der Waals surface area contributed by atoms with Crippen molar-refractivity contribution in [2.24, 2.45) is 5.41 Å². The molecule has 0 unspecified atom stereocenters. The standard InChI is InChI=1S/C10H20O2.C2H4O2.2Cu/c1-10(2,3)8-6-4-5-7-9(11)12;1-2(3)4;;/h4-8H2,1-3H3,(H,11,12);1H3,(H,3,4);;/q;;2*+2/p-2. The number of aliphatic carboxylic acids is 2. The Morgan fingerprint density at radius 1 is 0.944 bits per heavy atom. The molecule has 0 aliphatic carbocycles. The number of carbonyl (C=O) groups is 2. The molecule has 0 atom stereocenters. The molecule has 114 valence electrons. The molecule has 18 heavy (non-hydrogen) atoms. The Morgan fingerprint density at radius 3 is 1.61 bits per heavy atom. The molecule has 0 heterocycles. The summed E-state index contributed by atoms with van der Waals surface area (Å²) in [6.45, 7) is 7.57. The van der Waals surface area contributed by atoms with E-state index in [-0.39, 0.29) is 40.6 Å². The molecule has 6 heteroatoms. The number of hydrogen-bond acceptors (Lipinski definition) is 4. The predicted octanol–water partition coefficient (Wildman–Crippen LogP) is 0.484. The second kappa shape index (κ2) is 15.0. The topological polar surface area (TPSA) is 80.3 Å². The minimum absolute atomic E-state index is 0. The predicted molar refractivity (Wildman–Crippen MR) is 58.2 cm³/mol. The zero-order chi connectivity index (χ0) is 13.2. The van der Waals surface area contributed by atoms with Crippen LogP contribution in [0.25, 0.3) is 0 Å². The molecule has 0 rings (SSSR count). The first kappa shape index (κ1) is 26.5. The van der Waals surface area contributed by atoms with Gasteiger partial charge in [0.2, 0.25) is 0 Å². The first-order chi connectivity index (χ1) is 7.15. The Hall–Kier alpha value is -0.0210. The van der Waals surface area contributed by atoms with Crippen LogP contribution in [-0.4, -0.2) is 11.9 Å². The van der Waals surface area contributed by atoms with E-state index in [1.807, 2.05) is 0 Å². The molecule has 0 aliphatic heterocycles. The van der Waals surface area contributed by atoms with Crippen molar-refractivity contribution in [3.63, 3.8) is 0 Å².